The van der Waals surface area contributed by atoms with Crippen LogP contribution in [0.5, 0.6) is 11.5 Å². The number of aromatic nitrogens is 5. The predicted octanol–water partition coefficient (Wildman–Crippen LogP) is 8.47. The van der Waals surface area contributed by atoms with Crippen molar-refractivity contribution in [3.63, 3.8) is 0 Å². The Labute approximate surface area is 347 Å². The Morgan fingerprint density at radius 2 is 1.60 bits per heavy atom. The van der Waals surface area contributed by atoms with Crippen molar-refractivity contribution >= 4 is 75.5 Å². The molecule has 296 valence electrons. The Kier molecular flexibility index (Phi) is 16.0. The lowest BCUT2D eigenvalue weighted by atomic mass is 10.2. The van der Waals surface area contributed by atoms with Crippen LogP contribution in [0.2, 0.25) is 0 Å². The summed E-state index contributed by atoms with van der Waals surface area (Å²) in [6.45, 7) is 1.73. The summed E-state index contributed by atoms with van der Waals surface area (Å²) < 4.78 is 21.8. The van der Waals surface area contributed by atoms with Crippen LogP contribution in [0.15, 0.2) is 119 Å². The van der Waals surface area contributed by atoms with Crippen molar-refractivity contribution in [3.05, 3.63) is 132 Å². The molecule has 0 unspecified atom stereocenters. The Bertz CT molecular complexity index is 2510. The number of anilines is 2. The minimum absolute atomic E-state index is 0. The summed E-state index contributed by atoms with van der Waals surface area (Å²) >= 11 is 1.56. The molecule has 3 N–H and O–H groups in total. The molecule has 0 atom stereocenters. The van der Waals surface area contributed by atoms with E-state index in [0.29, 0.717) is 49.3 Å². The summed E-state index contributed by atoms with van der Waals surface area (Å²) in [7, 11) is 4.89. The minimum atomic E-state index is -0.0901. The smallest absolute Gasteiger partial charge is 0.252 e. The fourth-order valence-corrected chi connectivity index (χ4v) is 6.52. The third kappa shape index (κ3) is 11.3. The SMILES string of the molecule is C#Cc1cccc(Nc2ncnc3cc(OCCOC)c(OCCOC)cc23)c1.CNC(=O)c1ccccc1Sc1ccc2c(C=Cc3ccccn3)n[nH]c2c1.Cl. The molecule has 3 heterocycles. The second-order valence-electron chi connectivity index (χ2n) is 12.2. The van der Waals surface area contributed by atoms with Gasteiger partial charge in [-0.3, -0.25) is 14.9 Å². The van der Waals surface area contributed by atoms with E-state index < -0.39 is 0 Å². The number of ether oxygens (including phenoxy) is 4. The molecule has 0 spiro atoms. The van der Waals surface area contributed by atoms with Crippen LogP contribution in [0.25, 0.3) is 34.0 Å². The zero-order valence-electron chi connectivity index (χ0n) is 32.1. The molecule has 0 aliphatic heterocycles. The van der Waals surface area contributed by atoms with E-state index in [9.17, 15) is 4.79 Å². The van der Waals surface area contributed by atoms with Gasteiger partial charge in [0.15, 0.2) is 11.5 Å². The molecule has 14 heteroatoms. The van der Waals surface area contributed by atoms with Gasteiger partial charge in [-0.2, -0.15) is 5.10 Å². The molecule has 0 aliphatic rings. The quantitative estimate of drug-likeness (QED) is 0.0677. The van der Waals surface area contributed by atoms with E-state index in [2.05, 4.69) is 41.7 Å². The summed E-state index contributed by atoms with van der Waals surface area (Å²) in [6, 6.07) is 30.8. The molecule has 7 rings (SSSR count). The number of amides is 1. The molecule has 0 saturated carbocycles. The number of hydrogen-bond donors (Lipinski definition) is 3. The van der Waals surface area contributed by atoms with Gasteiger partial charge in [0.2, 0.25) is 0 Å². The molecule has 0 radical (unpaired) electrons. The molecule has 58 heavy (non-hydrogen) atoms. The Morgan fingerprint density at radius 1 is 0.828 bits per heavy atom. The van der Waals surface area contributed by atoms with Crippen LogP contribution in [-0.4, -0.2) is 78.8 Å². The van der Waals surface area contributed by atoms with E-state index in [4.69, 9.17) is 25.4 Å². The molecule has 0 aliphatic carbocycles. The lowest BCUT2D eigenvalue weighted by Crippen LogP contribution is -2.18. The summed E-state index contributed by atoms with van der Waals surface area (Å²) in [5, 5.41) is 15.3. The van der Waals surface area contributed by atoms with Gasteiger partial charge < -0.3 is 29.6 Å². The predicted molar refractivity (Wildman–Crippen MR) is 232 cm³/mol. The maximum absolute atomic E-state index is 12.1. The van der Waals surface area contributed by atoms with Gasteiger partial charge in [0, 0.05) is 65.3 Å². The number of rotatable bonds is 15. The standard InChI is InChI=1S/C22H18N4OS.C22H23N3O4.ClH/c1-23-22(27)18-7-2-3-8-21(18)28-16-10-11-17-19(25-26-20(17)14-16)12-9-15-6-4-5-13-24-15;1-4-16-6-5-7-17(12-16)25-22-18-13-20(28-10-8-26-2)21(29-11-9-27-3)14-19(18)23-15-24-22;/h2-14H,1H3,(H,23,27)(H,25,26);1,5-7,12-15H,8-11H2,2-3H3,(H,23,24,25);1H. The van der Waals surface area contributed by atoms with Gasteiger partial charge >= 0.3 is 0 Å². The maximum atomic E-state index is 12.1. The molecular formula is C44H42ClN7O5S. The van der Waals surface area contributed by atoms with Crippen molar-refractivity contribution in [2.75, 3.05) is 53.0 Å². The van der Waals surface area contributed by atoms with E-state index in [1.54, 1.807) is 39.2 Å². The molecule has 4 aromatic carbocycles. The van der Waals surface area contributed by atoms with Crippen molar-refractivity contribution in [2.24, 2.45) is 0 Å². The number of nitrogens with zero attached hydrogens (tertiary/aromatic N) is 4. The van der Waals surface area contributed by atoms with Crippen molar-refractivity contribution in [1.29, 1.82) is 0 Å². The minimum Gasteiger partial charge on any atom is -0.487 e. The summed E-state index contributed by atoms with van der Waals surface area (Å²) in [6.07, 6.45) is 12.7. The van der Waals surface area contributed by atoms with Crippen molar-refractivity contribution in [3.8, 4) is 23.8 Å². The van der Waals surface area contributed by atoms with Gasteiger partial charge in [-0.1, -0.05) is 41.9 Å². The first kappa shape index (κ1) is 42.7. The number of methoxy groups -OCH3 is 2. The lowest BCUT2D eigenvalue weighted by Gasteiger charge is -2.15. The number of halogens is 1. The molecule has 7 aromatic rings. The number of fused-ring (bicyclic) bond motifs is 2. The number of benzene rings is 4. The highest BCUT2D eigenvalue weighted by molar-refractivity contribution is 7.99. The monoisotopic (exact) mass is 815 g/mol. The van der Waals surface area contributed by atoms with E-state index >= 15 is 0 Å². The third-order valence-corrected chi connectivity index (χ3v) is 9.40. The number of terminal acetylenes is 1. The third-order valence-electron chi connectivity index (χ3n) is 8.33. The lowest BCUT2D eigenvalue weighted by molar-refractivity contribution is 0.0960. The maximum Gasteiger partial charge on any atom is 0.252 e. The second kappa shape index (κ2) is 21.8. The number of aromatic amines is 1. The van der Waals surface area contributed by atoms with E-state index in [0.717, 1.165) is 54.2 Å². The Hall–Kier alpha value is -6.43. The number of carbonyl (C=O) groups excluding carboxylic acids is 1. The first-order valence-corrected chi connectivity index (χ1v) is 18.7. The summed E-state index contributed by atoms with van der Waals surface area (Å²) in [5.41, 5.74) is 5.71. The van der Waals surface area contributed by atoms with Crippen molar-refractivity contribution in [2.45, 2.75) is 9.79 Å². The fraction of sp³-hybridized carbons (Fsp3) is 0.159. The molecule has 12 nitrogen and oxygen atoms in total. The Balaban J connectivity index is 0.000000217. The number of nitrogens with one attached hydrogen (secondary N) is 3. The molecule has 3 aromatic heterocycles. The summed E-state index contributed by atoms with van der Waals surface area (Å²) in [5.74, 6) is 4.35. The Morgan fingerprint density at radius 3 is 2.34 bits per heavy atom. The van der Waals surface area contributed by atoms with Crippen LogP contribution < -0.4 is 20.1 Å². The van der Waals surface area contributed by atoms with Gasteiger partial charge in [0.25, 0.3) is 5.91 Å². The highest BCUT2D eigenvalue weighted by Crippen LogP contribution is 2.36. The number of carbonyl (C=O) groups is 1. The zero-order valence-corrected chi connectivity index (χ0v) is 33.7. The second-order valence-corrected chi connectivity index (χ2v) is 13.3. The van der Waals surface area contributed by atoms with Crippen molar-refractivity contribution < 1.29 is 23.7 Å². The topological polar surface area (TPSA) is 145 Å². The van der Waals surface area contributed by atoms with Crippen LogP contribution in [0.3, 0.4) is 0 Å². The number of H-pyrrole nitrogens is 1. The van der Waals surface area contributed by atoms with Crippen LogP contribution in [-0.2, 0) is 9.47 Å². The zero-order chi connectivity index (χ0) is 39.8. The van der Waals surface area contributed by atoms with Gasteiger partial charge in [-0.15, -0.1) is 18.8 Å². The molecular weight excluding hydrogens is 774 g/mol. The number of hydrogen-bond acceptors (Lipinski definition) is 11. The molecule has 0 fully saturated rings. The largest absolute Gasteiger partial charge is 0.487 e. The van der Waals surface area contributed by atoms with Crippen molar-refractivity contribution in [1.82, 2.24) is 30.5 Å². The van der Waals surface area contributed by atoms with Crippen LogP contribution in [0, 0.1) is 12.3 Å². The average molecular weight is 816 g/mol. The van der Waals surface area contributed by atoms with Crippen LogP contribution >= 0.6 is 24.2 Å². The van der Waals surface area contributed by atoms with Gasteiger partial charge in [0.05, 0.1) is 41.2 Å². The highest BCUT2D eigenvalue weighted by Gasteiger charge is 2.14. The van der Waals surface area contributed by atoms with Gasteiger partial charge in [-0.25, -0.2) is 9.97 Å². The fourth-order valence-electron chi connectivity index (χ4n) is 5.54. The molecule has 1 amide bonds. The van der Waals surface area contributed by atoms with Gasteiger partial charge in [-0.05, 0) is 78.9 Å². The molecule has 0 bridgehead atoms. The van der Waals surface area contributed by atoms with Gasteiger partial charge in [0.1, 0.15) is 25.4 Å². The van der Waals surface area contributed by atoms with E-state index in [1.165, 1.54) is 6.33 Å². The first-order chi connectivity index (χ1) is 28.0. The molecule has 0 saturated heterocycles. The first-order valence-electron chi connectivity index (χ1n) is 17.9. The number of pyridine rings is 1. The normalized spacial score (nSPS) is 10.7. The van der Waals surface area contributed by atoms with E-state index in [1.807, 2.05) is 109 Å². The van der Waals surface area contributed by atoms with Crippen LogP contribution in [0.1, 0.15) is 27.3 Å². The highest BCUT2D eigenvalue weighted by atomic mass is 35.5. The summed E-state index contributed by atoms with van der Waals surface area (Å²) in [4.78, 5) is 27.1. The van der Waals surface area contributed by atoms with E-state index in [-0.39, 0.29) is 18.3 Å². The average Bonchev–Trinajstić information content (AvgIpc) is 3.66. The van der Waals surface area contributed by atoms with Crippen LogP contribution in [0.4, 0.5) is 11.5 Å².